The molecule has 0 aromatic heterocycles. The Morgan fingerprint density at radius 1 is 0.875 bits per heavy atom. The van der Waals surface area contributed by atoms with E-state index in [1.54, 1.807) is 0 Å². The van der Waals surface area contributed by atoms with Gasteiger partial charge in [0.25, 0.3) is 0 Å². The quantitative estimate of drug-likeness (QED) is 0.550. The second kappa shape index (κ2) is 6.35. The van der Waals surface area contributed by atoms with Crippen LogP contribution in [0.4, 0.5) is 4.39 Å². The second-order valence-corrected chi connectivity index (χ2v) is 2.99. The first-order valence-electron chi connectivity index (χ1n) is 4.35. The van der Waals surface area contributed by atoms with Crippen molar-refractivity contribution in [2.45, 2.75) is 0 Å². The molecule has 0 aromatic carbocycles. The number of aliphatic carboxylic acids is 1. The Labute approximate surface area is 94.1 Å². The molecule has 3 heteroatoms. The molecule has 84 valence electrons. The van der Waals surface area contributed by atoms with Crippen LogP contribution in [0.3, 0.4) is 0 Å². The minimum absolute atomic E-state index is 0.0622. The van der Waals surface area contributed by atoms with Crippen LogP contribution in [0.2, 0.25) is 0 Å². The van der Waals surface area contributed by atoms with Gasteiger partial charge in [-0.25, -0.2) is 9.18 Å². The first-order valence-corrected chi connectivity index (χ1v) is 4.35. The number of allylic oxidation sites excluding steroid dienone is 6. The lowest BCUT2D eigenvalue weighted by molar-refractivity contribution is -0.132. The lowest BCUT2D eigenvalue weighted by Gasteiger charge is -1.98. The van der Waals surface area contributed by atoms with Crippen LogP contribution in [-0.4, -0.2) is 11.1 Å². The summed E-state index contributed by atoms with van der Waals surface area (Å²) in [6.07, 6.45) is 5.30. The normalized spacial score (nSPS) is 10.6. The average molecular weight is 220 g/mol. The Balaban J connectivity index is 4.49. The number of rotatable bonds is 6. The molecule has 0 aliphatic heterocycles. The number of carbonyl (C=O) groups is 1. The van der Waals surface area contributed by atoms with Gasteiger partial charge < -0.3 is 5.11 Å². The Morgan fingerprint density at radius 2 is 1.25 bits per heavy atom. The van der Waals surface area contributed by atoms with Gasteiger partial charge in [-0.2, -0.15) is 0 Å². The summed E-state index contributed by atoms with van der Waals surface area (Å²) < 4.78 is 12.3. The highest BCUT2D eigenvalue weighted by molar-refractivity contribution is 5.89. The Kier molecular flexibility index (Phi) is 5.49. The molecule has 0 bridgehead atoms. The summed E-state index contributed by atoms with van der Waals surface area (Å²) in [5.41, 5.74) is 0.876. The number of hydrogen-bond acceptors (Lipinski definition) is 1. The third-order valence-electron chi connectivity index (χ3n) is 1.64. The molecule has 0 aliphatic rings. The molecule has 0 amide bonds. The van der Waals surface area contributed by atoms with Crippen LogP contribution in [-0.2, 0) is 4.79 Å². The van der Waals surface area contributed by atoms with E-state index in [1.807, 2.05) is 0 Å². The van der Waals surface area contributed by atoms with Crippen molar-refractivity contribution < 1.29 is 14.3 Å². The average Bonchev–Trinajstić information content (AvgIpc) is 2.21. The molecule has 1 N–H and O–H groups in total. The molecule has 0 atom stereocenters. The molecule has 0 saturated carbocycles. The third kappa shape index (κ3) is 5.54. The zero-order valence-corrected chi connectivity index (χ0v) is 8.87. The minimum Gasteiger partial charge on any atom is -0.478 e. The summed E-state index contributed by atoms with van der Waals surface area (Å²) in [4.78, 5) is 10.4. The van der Waals surface area contributed by atoms with Crippen molar-refractivity contribution in [3.8, 4) is 0 Å². The van der Waals surface area contributed by atoms with Crippen molar-refractivity contribution in [1.82, 2.24) is 0 Å². The molecule has 0 aromatic rings. The van der Waals surface area contributed by atoms with Gasteiger partial charge in [-0.3, -0.25) is 0 Å². The molecule has 0 saturated heterocycles. The molecule has 2 nitrogen and oxygen atoms in total. The van der Waals surface area contributed by atoms with Crippen molar-refractivity contribution >= 4 is 5.97 Å². The van der Waals surface area contributed by atoms with Crippen molar-refractivity contribution in [2.24, 2.45) is 0 Å². The highest BCUT2D eigenvalue weighted by Crippen LogP contribution is 2.11. The molecule has 0 radical (unpaired) electrons. The maximum atomic E-state index is 12.3. The van der Waals surface area contributed by atoms with Gasteiger partial charge in [-0.15, -0.1) is 0 Å². The molecule has 0 unspecified atom stereocenters. The van der Waals surface area contributed by atoms with E-state index in [-0.39, 0.29) is 5.57 Å². The van der Waals surface area contributed by atoms with E-state index in [0.29, 0.717) is 11.1 Å². The monoisotopic (exact) mass is 220 g/mol. The van der Waals surface area contributed by atoms with Gasteiger partial charge >= 0.3 is 5.97 Å². The summed E-state index contributed by atoms with van der Waals surface area (Å²) in [5, 5.41) is 8.53. The fourth-order valence-corrected chi connectivity index (χ4v) is 0.678. The molecular formula is C13H13FO2. The van der Waals surface area contributed by atoms with Crippen molar-refractivity contribution in [2.75, 3.05) is 0 Å². The fraction of sp³-hybridized carbons (Fsp3) is 0. The number of halogens is 1. The molecule has 16 heavy (non-hydrogen) atoms. The SMILES string of the molecule is C=C(F)/C=C\C(=C)C(=C)/C=C\C(=C)C(=O)O. The maximum Gasteiger partial charge on any atom is 0.335 e. The fourth-order valence-electron chi connectivity index (χ4n) is 0.678. The van der Waals surface area contributed by atoms with Crippen LogP contribution in [0.1, 0.15) is 0 Å². The van der Waals surface area contributed by atoms with Crippen LogP contribution >= 0.6 is 0 Å². The third-order valence-corrected chi connectivity index (χ3v) is 1.64. The Bertz CT molecular complexity index is 412. The largest absolute Gasteiger partial charge is 0.478 e. The number of carboxylic acid groups (broad SMARTS) is 1. The lowest BCUT2D eigenvalue weighted by atomic mass is 10.1. The van der Waals surface area contributed by atoms with E-state index < -0.39 is 11.8 Å². The first kappa shape index (κ1) is 13.8. The van der Waals surface area contributed by atoms with Gasteiger partial charge in [0.2, 0.25) is 0 Å². The highest BCUT2D eigenvalue weighted by Gasteiger charge is 1.98. The van der Waals surface area contributed by atoms with E-state index in [9.17, 15) is 9.18 Å². The summed E-state index contributed by atoms with van der Waals surface area (Å²) >= 11 is 0. The van der Waals surface area contributed by atoms with E-state index in [2.05, 4.69) is 26.3 Å². The molecular weight excluding hydrogens is 207 g/mol. The minimum atomic E-state index is -1.11. The standard InChI is InChI=1S/C13H13FO2/c1-9(5-6-11(3)13(15)16)10(2)7-8-12(4)14/h5-8H,1-4H2,(H,15,16)/b6-5-,8-7-. The van der Waals surface area contributed by atoms with Crippen molar-refractivity contribution in [3.05, 3.63) is 73.2 Å². The van der Waals surface area contributed by atoms with Crippen LogP contribution in [0, 0.1) is 0 Å². The van der Waals surface area contributed by atoms with Crippen LogP contribution in [0.15, 0.2) is 73.2 Å². The molecule has 0 aliphatic carbocycles. The second-order valence-electron chi connectivity index (χ2n) is 2.99. The van der Waals surface area contributed by atoms with E-state index in [1.165, 1.54) is 18.2 Å². The molecule has 0 spiro atoms. The topological polar surface area (TPSA) is 37.3 Å². The summed E-state index contributed by atoms with van der Waals surface area (Å²) in [5.74, 6) is -1.70. The predicted octanol–water partition coefficient (Wildman–Crippen LogP) is 3.34. The molecule has 0 heterocycles. The van der Waals surface area contributed by atoms with Crippen LogP contribution in [0.5, 0.6) is 0 Å². The summed E-state index contributed by atoms with van der Waals surface area (Å²) in [7, 11) is 0. The van der Waals surface area contributed by atoms with Crippen molar-refractivity contribution in [3.63, 3.8) is 0 Å². The maximum absolute atomic E-state index is 12.3. The highest BCUT2D eigenvalue weighted by atomic mass is 19.1. The molecule has 0 rings (SSSR count). The van der Waals surface area contributed by atoms with Crippen molar-refractivity contribution in [1.29, 1.82) is 0 Å². The Morgan fingerprint density at radius 3 is 1.62 bits per heavy atom. The Hall–Kier alpha value is -2.16. The summed E-state index contributed by atoms with van der Waals surface area (Å²) in [6.45, 7) is 13.6. The summed E-state index contributed by atoms with van der Waals surface area (Å²) in [6, 6.07) is 0. The van der Waals surface area contributed by atoms with E-state index in [4.69, 9.17) is 5.11 Å². The predicted molar refractivity (Wildman–Crippen MR) is 63.6 cm³/mol. The van der Waals surface area contributed by atoms with Crippen LogP contribution in [0.25, 0.3) is 0 Å². The van der Waals surface area contributed by atoms with E-state index >= 15 is 0 Å². The smallest absolute Gasteiger partial charge is 0.335 e. The molecule has 0 fully saturated rings. The lowest BCUT2D eigenvalue weighted by Crippen LogP contribution is -1.95. The van der Waals surface area contributed by atoms with Gasteiger partial charge in [0, 0.05) is 0 Å². The van der Waals surface area contributed by atoms with Gasteiger partial charge in [0.15, 0.2) is 0 Å². The van der Waals surface area contributed by atoms with Gasteiger partial charge in [0.05, 0.1) is 5.57 Å². The zero-order valence-electron chi connectivity index (χ0n) is 8.87. The number of carboxylic acids is 1. The van der Waals surface area contributed by atoms with Crippen LogP contribution < -0.4 is 0 Å². The van der Waals surface area contributed by atoms with Gasteiger partial charge in [0.1, 0.15) is 5.83 Å². The number of hydrogen-bond donors (Lipinski definition) is 1. The first-order chi connectivity index (χ1) is 7.34. The van der Waals surface area contributed by atoms with E-state index in [0.717, 1.165) is 6.08 Å². The van der Waals surface area contributed by atoms with Gasteiger partial charge in [-0.05, 0) is 23.3 Å². The van der Waals surface area contributed by atoms with Gasteiger partial charge in [-0.1, -0.05) is 38.5 Å². The zero-order chi connectivity index (χ0) is 12.7.